The summed E-state index contributed by atoms with van der Waals surface area (Å²) < 4.78 is 0. The van der Waals surface area contributed by atoms with Gasteiger partial charge < -0.3 is 5.11 Å². The smallest absolute Gasteiger partial charge is 0.0543 e. The highest BCUT2D eigenvalue weighted by Crippen LogP contribution is 2.60. The fourth-order valence-corrected chi connectivity index (χ4v) is 7.66. The molecule has 6 atom stereocenters. The molecule has 1 heterocycles. The van der Waals surface area contributed by atoms with Crippen LogP contribution in [0.4, 0.5) is 0 Å². The lowest BCUT2D eigenvalue weighted by Gasteiger charge is -2.55. The van der Waals surface area contributed by atoms with Crippen molar-refractivity contribution in [1.82, 2.24) is 0 Å². The van der Waals surface area contributed by atoms with Crippen LogP contribution in [-0.2, 0) is 0 Å². The molecule has 1 aliphatic heterocycles. The van der Waals surface area contributed by atoms with E-state index in [4.69, 9.17) is 4.99 Å². The maximum absolute atomic E-state index is 10.3. The van der Waals surface area contributed by atoms with Gasteiger partial charge >= 0.3 is 0 Å². The van der Waals surface area contributed by atoms with Gasteiger partial charge in [-0.3, -0.25) is 4.99 Å². The van der Waals surface area contributed by atoms with Gasteiger partial charge in [-0.2, -0.15) is 0 Å². The first-order valence-corrected chi connectivity index (χ1v) is 12.8. The molecular weight excluding hydrogens is 402 g/mol. The minimum absolute atomic E-state index is 0. The third-order valence-corrected chi connectivity index (χ3v) is 9.92. The molecule has 1 saturated carbocycles. The van der Waals surface area contributed by atoms with Gasteiger partial charge in [-0.05, 0) is 98.9 Å². The van der Waals surface area contributed by atoms with Crippen LogP contribution in [0.25, 0.3) is 0 Å². The quantitative estimate of drug-likeness (QED) is 0.433. The van der Waals surface area contributed by atoms with Gasteiger partial charge in [0.15, 0.2) is 0 Å². The number of hydrogen-bond donors (Lipinski definition) is 1. The molecule has 31 heavy (non-hydrogen) atoms. The number of hydrogen-bond acceptors (Lipinski definition) is 2. The number of aliphatic hydroxyl groups is 1. The fraction of sp³-hybridized carbons (Fsp3) is 0.821. The molecular formula is C28H46ClNO. The second-order valence-corrected chi connectivity index (χ2v) is 11.9. The van der Waals surface area contributed by atoms with Gasteiger partial charge in [0.05, 0.1) is 6.10 Å². The monoisotopic (exact) mass is 447 g/mol. The van der Waals surface area contributed by atoms with Crippen LogP contribution in [0.5, 0.6) is 0 Å². The Morgan fingerprint density at radius 1 is 1.10 bits per heavy atom. The van der Waals surface area contributed by atoms with Crippen molar-refractivity contribution in [2.75, 3.05) is 6.54 Å². The van der Waals surface area contributed by atoms with E-state index in [1.54, 1.807) is 11.1 Å². The zero-order chi connectivity index (χ0) is 21.7. The summed E-state index contributed by atoms with van der Waals surface area (Å²) in [6, 6.07) is 0. The van der Waals surface area contributed by atoms with Crippen molar-refractivity contribution in [3.05, 3.63) is 23.3 Å². The molecule has 176 valence electrons. The van der Waals surface area contributed by atoms with Crippen LogP contribution in [-0.4, -0.2) is 23.5 Å². The van der Waals surface area contributed by atoms with E-state index in [0.29, 0.717) is 17.3 Å². The number of aliphatic hydroxyl groups excluding tert-OH is 1. The first-order valence-electron chi connectivity index (χ1n) is 12.8. The molecule has 1 N–H and O–H groups in total. The molecule has 0 saturated heterocycles. The standard InChI is InChI=1S/C28H45NO.ClH/c1-18(2)19(3)7-8-20(4)24-13-16-29-26-23-10-9-21-17-22(30)11-14-27(21,5)25(23)12-15-28(24,26)6;/h18,20-22,24,30H,3,7-17H2,1-2,4-6H3;1H/t20-,21-,22+,24-,27+,28-;/m1./s1. The number of allylic oxidation sites excluding steroid dienone is 3. The zero-order valence-electron chi connectivity index (χ0n) is 20.7. The third-order valence-electron chi connectivity index (χ3n) is 9.92. The maximum Gasteiger partial charge on any atom is 0.0543 e. The third kappa shape index (κ3) is 4.33. The van der Waals surface area contributed by atoms with Crippen molar-refractivity contribution in [3.8, 4) is 0 Å². The number of nitrogens with zero attached hydrogens (tertiary/aromatic N) is 1. The summed E-state index contributed by atoms with van der Waals surface area (Å²) in [5.41, 5.74) is 6.87. The Labute approximate surface area is 197 Å². The van der Waals surface area contributed by atoms with Crippen molar-refractivity contribution in [3.63, 3.8) is 0 Å². The summed E-state index contributed by atoms with van der Waals surface area (Å²) in [5.74, 6) is 2.75. The van der Waals surface area contributed by atoms with Gasteiger partial charge in [0.2, 0.25) is 0 Å². The van der Waals surface area contributed by atoms with Crippen LogP contribution in [0.15, 0.2) is 28.3 Å². The zero-order valence-corrected chi connectivity index (χ0v) is 21.5. The summed E-state index contributed by atoms with van der Waals surface area (Å²) in [7, 11) is 0. The van der Waals surface area contributed by atoms with Crippen LogP contribution >= 0.6 is 12.4 Å². The first kappa shape index (κ1) is 25.0. The van der Waals surface area contributed by atoms with Crippen molar-refractivity contribution in [1.29, 1.82) is 0 Å². The molecule has 2 nitrogen and oxygen atoms in total. The van der Waals surface area contributed by atoms with E-state index in [1.165, 1.54) is 62.7 Å². The topological polar surface area (TPSA) is 32.6 Å². The average molecular weight is 448 g/mol. The van der Waals surface area contributed by atoms with Gasteiger partial charge in [0.25, 0.3) is 0 Å². The van der Waals surface area contributed by atoms with E-state index in [-0.39, 0.29) is 23.9 Å². The van der Waals surface area contributed by atoms with Gasteiger partial charge in [-0.25, -0.2) is 0 Å². The van der Waals surface area contributed by atoms with Gasteiger partial charge in [-0.1, -0.05) is 52.3 Å². The van der Waals surface area contributed by atoms with Gasteiger partial charge in [0.1, 0.15) is 0 Å². The van der Waals surface area contributed by atoms with Crippen molar-refractivity contribution < 1.29 is 5.11 Å². The molecule has 0 spiro atoms. The molecule has 0 aromatic heterocycles. The number of aliphatic imine (C=N–C) groups is 1. The lowest BCUT2D eigenvalue weighted by atomic mass is 9.50. The lowest BCUT2D eigenvalue weighted by Crippen LogP contribution is -2.50. The first-order chi connectivity index (χ1) is 14.2. The number of rotatable bonds is 5. The molecule has 4 rings (SSSR count). The van der Waals surface area contributed by atoms with E-state index in [9.17, 15) is 5.11 Å². The van der Waals surface area contributed by atoms with E-state index >= 15 is 0 Å². The van der Waals surface area contributed by atoms with E-state index in [0.717, 1.165) is 31.2 Å². The fourth-order valence-electron chi connectivity index (χ4n) is 7.66. The van der Waals surface area contributed by atoms with E-state index in [1.807, 2.05) is 0 Å². The van der Waals surface area contributed by atoms with Crippen LogP contribution in [0.2, 0.25) is 0 Å². The predicted molar refractivity (Wildman–Crippen MR) is 135 cm³/mol. The molecule has 0 bridgehead atoms. The molecule has 0 unspecified atom stereocenters. The Kier molecular flexibility index (Phi) is 7.54. The summed E-state index contributed by atoms with van der Waals surface area (Å²) in [6.07, 6.45) is 11.8. The van der Waals surface area contributed by atoms with Crippen molar-refractivity contribution >= 4 is 18.1 Å². The van der Waals surface area contributed by atoms with Crippen LogP contribution in [0.3, 0.4) is 0 Å². The normalized spacial score (nSPS) is 38.4. The highest BCUT2D eigenvalue weighted by molar-refractivity contribution is 6.06. The summed E-state index contributed by atoms with van der Waals surface area (Å²) in [4.78, 5) is 5.24. The summed E-state index contributed by atoms with van der Waals surface area (Å²) in [5, 5.41) is 10.3. The largest absolute Gasteiger partial charge is 0.393 e. The Morgan fingerprint density at radius 3 is 2.55 bits per heavy atom. The Balaban J connectivity index is 0.00000272. The molecule has 3 aliphatic carbocycles. The molecule has 4 aliphatic rings. The minimum atomic E-state index is -0.0723. The average Bonchev–Trinajstić information content (AvgIpc) is 2.71. The maximum atomic E-state index is 10.3. The minimum Gasteiger partial charge on any atom is -0.393 e. The molecule has 1 fully saturated rings. The lowest BCUT2D eigenvalue weighted by molar-refractivity contribution is 0.0239. The molecule has 0 aromatic rings. The van der Waals surface area contributed by atoms with Crippen LogP contribution in [0, 0.1) is 34.5 Å². The second kappa shape index (κ2) is 9.34. The molecule has 0 aromatic carbocycles. The molecule has 0 amide bonds. The SMILES string of the molecule is C=C(CC[C@@H](C)[C@H]1CCN=C2C3=C(CC[C@@]21C)[C@@]1(C)CC[C@H](O)C[C@H]1CC3)C(C)C.Cl. The highest BCUT2D eigenvalue weighted by Gasteiger charge is 2.52. The second-order valence-electron chi connectivity index (χ2n) is 11.9. The van der Waals surface area contributed by atoms with Crippen LogP contribution in [0.1, 0.15) is 98.8 Å². The Bertz CT molecular complexity index is 752. The predicted octanol–water partition coefficient (Wildman–Crippen LogP) is 7.56. The molecule has 0 radical (unpaired) electrons. The number of halogens is 1. The number of fused-ring (bicyclic) bond motifs is 4. The highest BCUT2D eigenvalue weighted by atomic mass is 35.5. The van der Waals surface area contributed by atoms with Crippen molar-refractivity contribution in [2.24, 2.45) is 39.5 Å². The Morgan fingerprint density at radius 2 is 1.84 bits per heavy atom. The summed E-state index contributed by atoms with van der Waals surface area (Å²) >= 11 is 0. The molecule has 3 heteroatoms. The van der Waals surface area contributed by atoms with E-state index < -0.39 is 0 Å². The van der Waals surface area contributed by atoms with Gasteiger partial charge in [0, 0.05) is 17.7 Å². The van der Waals surface area contributed by atoms with E-state index in [2.05, 4.69) is 41.2 Å². The van der Waals surface area contributed by atoms with Crippen molar-refractivity contribution in [2.45, 2.75) is 105 Å². The Hall–Kier alpha value is -0.600. The van der Waals surface area contributed by atoms with Crippen LogP contribution < -0.4 is 0 Å². The summed E-state index contributed by atoms with van der Waals surface area (Å²) in [6.45, 7) is 17.4. The van der Waals surface area contributed by atoms with Gasteiger partial charge in [-0.15, -0.1) is 12.4 Å².